The molecule has 0 aromatic heterocycles. The van der Waals surface area contributed by atoms with Crippen LogP contribution in [-0.2, 0) is 23.7 Å². The van der Waals surface area contributed by atoms with E-state index in [0.717, 1.165) is 38.5 Å². The van der Waals surface area contributed by atoms with Gasteiger partial charge in [-0.2, -0.15) is 0 Å². The van der Waals surface area contributed by atoms with Crippen LogP contribution >= 0.6 is 0 Å². The number of rotatable bonds is 15. The molecule has 3 unspecified atom stereocenters. The Morgan fingerprint density at radius 3 is 2.19 bits per heavy atom. The van der Waals surface area contributed by atoms with Crippen molar-refractivity contribution in [2.24, 2.45) is 0 Å². The molecule has 1 aromatic rings. The molecule has 5 atom stereocenters. The molecule has 7 nitrogen and oxygen atoms in total. The van der Waals surface area contributed by atoms with Gasteiger partial charge in [-0.25, -0.2) is 4.79 Å². The average Bonchev–Trinajstić information content (AvgIpc) is 2.81. The Kier molecular flexibility index (Phi) is 12.8. The number of hydrogen-bond donors (Lipinski definition) is 1. The van der Waals surface area contributed by atoms with Gasteiger partial charge in [-0.1, -0.05) is 58.2 Å². The maximum absolute atomic E-state index is 12.7. The Morgan fingerprint density at radius 1 is 0.906 bits per heavy atom. The number of carbonyl (C=O) groups is 1. The first-order valence-corrected chi connectivity index (χ1v) is 12.0. The summed E-state index contributed by atoms with van der Waals surface area (Å²) in [5.41, 5.74) is 0.412. The number of unbranched alkanes of at least 4 members (excludes halogenated alkanes) is 3. The molecule has 1 aromatic carbocycles. The van der Waals surface area contributed by atoms with Gasteiger partial charge in [0.2, 0.25) is 0 Å². The van der Waals surface area contributed by atoms with Crippen LogP contribution in [-0.4, -0.2) is 68.2 Å². The third kappa shape index (κ3) is 8.45. The van der Waals surface area contributed by atoms with E-state index in [1.807, 2.05) is 6.07 Å². The number of carbonyl (C=O) groups excluding carboxylic acids is 1. The molecule has 182 valence electrons. The van der Waals surface area contributed by atoms with Crippen LogP contribution in [0.15, 0.2) is 30.3 Å². The van der Waals surface area contributed by atoms with Crippen LogP contribution in [0.4, 0.5) is 0 Å². The number of benzene rings is 1. The molecule has 0 bridgehead atoms. The zero-order chi connectivity index (χ0) is 23.2. The van der Waals surface area contributed by atoms with E-state index in [1.54, 1.807) is 24.3 Å². The van der Waals surface area contributed by atoms with Crippen molar-refractivity contribution in [2.75, 3.05) is 26.4 Å². The zero-order valence-electron chi connectivity index (χ0n) is 19.7. The van der Waals surface area contributed by atoms with Crippen molar-refractivity contribution in [3.8, 4) is 0 Å². The quantitative estimate of drug-likeness (QED) is 0.317. The molecule has 1 aliphatic rings. The lowest BCUT2D eigenvalue weighted by Gasteiger charge is -2.43. The van der Waals surface area contributed by atoms with Crippen LogP contribution in [0.3, 0.4) is 0 Å². The summed E-state index contributed by atoms with van der Waals surface area (Å²) in [7, 11) is 0. The Bertz CT molecular complexity index is 622. The first kappa shape index (κ1) is 26.7. The second-order valence-electron chi connectivity index (χ2n) is 8.11. The molecular formula is C25H40O7. The topological polar surface area (TPSA) is 83.5 Å². The van der Waals surface area contributed by atoms with Crippen molar-refractivity contribution in [2.45, 2.75) is 90.0 Å². The van der Waals surface area contributed by atoms with Crippen molar-refractivity contribution < 1.29 is 33.6 Å². The lowest BCUT2D eigenvalue weighted by molar-refractivity contribution is -0.310. The molecule has 0 saturated carbocycles. The van der Waals surface area contributed by atoms with Gasteiger partial charge >= 0.3 is 5.97 Å². The van der Waals surface area contributed by atoms with Gasteiger partial charge in [0.25, 0.3) is 0 Å². The van der Waals surface area contributed by atoms with Crippen molar-refractivity contribution in [3.63, 3.8) is 0 Å². The van der Waals surface area contributed by atoms with E-state index in [2.05, 4.69) is 20.8 Å². The summed E-state index contributed by atoms with van der Waals surface area (Å²) in [6.45, 7) is 7.97. The van der Waals surface area contributed by atoms with Crippen molar-refractivity contribution >= 4 is 5.97 Å². The lowest BCUT2D eigenvalue weighted by Crippen LogP contribution is -2.61. The molecule has 1 fully saturated rings. The van der Waals surface area contributed by atoms with Crippen molar-refractivity contribution in [3.05, 3.63) is 35.9 Å². The lowest BCUT2D eigenvalue weighted by atomic mass is 9.98. The summed E-state index contributed by atoms with van der Waals surface area (Å²) in [5.74, 6) is -0.519. The molecule has 1 heterocycles. The SMILES string of the molecule is CCCCOCC1O[C@@H](OCCCC)C(OCCCC)C(O)[C@H]1OC(=O)c1ccccc1. The van der Waals surface area contributed by atoms with E-state index in [9.17, 15) is 9.90 Å². The van der Waals surface area contributed by atoms with E-state index in [0.29, 0.717) is 25.4 Å². The van der Waals surface area contributed by atoms with Gasteiger partial charge in [0, 0.05) is 19.8 Å². The Labute approximate surface area is 192 Å². The fourth-order valence-electron chi connectivity index (χ4n) is 3.41. The average molecular weight is 453 g/mol. The standard InChI is InChI=1S/C25H40O7/c1-4-7-15-28-18-20-22(32-24(27)19-13-11-10-12-14-19)21(26)23(29-16-8-5-2)25(31-20)30-17-9-6-3/h10-14,20-23,25-26H,4-9,15-18H2,1-3H3/t20?,21?,22-,23?,25+/m0/s1. The van der Waals surface area contributed by atoms with E-state index in [1.165, 1.54) is 0 Å². The van der Waals surface area contributed by atoms with Gasteiger partial charge < -0.3 is 28.8 Å². The van der Waals surface area contributed by atoms with Crippen molar-refractivity contribution in [1.82, 2.24) is 0 Å². The molecular weight excluding hydrogens is 412 g/mol. The largest absolute Gasteiger partial charge is 0.453 e. The minimum absolute atomic E-state index is 0.194. The third-order valence-electron chi connectivity index (χ3n) is 5.38. The van der Waals surface area contributed by atoms with Crippen LogP contribution in [0.1, 0.15) is 69.7 Å². The highest BCUT2D eigenvalue weighted by Gasteiger charge is 2.48. The van der Waals surface area contributed by atoms with Crippen LogP contribution in [0, 0.1) is 0 Å². The minimum Gasteiger partial charge on any atom is -0.453 e. The molecule has 0 amide bonds. The summed E-state index contributed by atoms with van der Waals surface area (Å²) in [6.07, 6.45) is 1.42. The predicted octanol–water partition coefficient (Wildman–Crippen LogP) is 4.12. The van der Waals surface area contributed by atoms with Gasteiger partial charge in [0.15, 0.2) is 12.4 Å². The highest BCUT2D eigenvalue weighted by molar-refractivity contribution is 5.89. The minimum atomic E-state index is -1.10. The van der Waals surface area contributed by atoms with Gasteiger partial charge in [-0.3, -0.25) is 0 Å². The highest BCUT2D eigenvalue weighted by Crippen LogP contribution is 2.28. The summed E-state index contributed by atoms with van der Waals surface area (Å²) in [5, 5.41) is 11.2. The highest BCUT2D eigenvalue weighted by atomic mass is 16.7. The summed E-state index contributed by atoms with van der Waals surface area (Å²) in [4.78, 5) is 12.7. The van der Waals surface area contributed by atoms with Gasteiger partial charge in [-0.05, 0) is 31.4 Å². The summed E-state index contributed by atoms with van der Waals surface area (Å²) < 4.78 is 29.6. The maximum atomic E-state index is 12.7. The molecule has 0 radical (unpaired) electrons. The van der Waals surface area contributed by atoms with E-state index >= 15 is 0 Å². The van der Waals surface area contributed by atoms with Crippen LogP contribution in [0.2, 0.25) is 0 Å². The third-order valence-corrected chi connectivity index (χ3v) is 5.38. The summed E-state index contributed by atoms with van der Waals surface area (Å²) in [6, 6.07) is 8.72. The molecule has 0 spiro atoms. The van der Waals surface area contributed by atoms with Crippen molar-refractivity contribution in [1.29, 1.82) is 0 Å². The second kappa shape index (κ2) is 15.3. The van der Waals surface area contributed by atoms with Crippen LogP contribution in [0.25, 0.3) is 0 Å². The number of hydrogen-bond acceptors (Lipinski definition) is 7. The van der Waals surface area contributed by atoms with E-state index in [-0.39, 0.29) is 6.61 Å². The monoisotopic (exact) mass is 452 g/mol. The Morgan fingerprint density at radius 2 is 1.53 bits per heavy atom. The fourth-order valence-corrected chi connectivity index (χ4v) is 3.41. The molecule has 1 aliphatic heterocycles. The first-order valence-electron chi connectivity index (χ1n) is 12.0. The molecule has 7 heteroatoms. The molecule has 1 N–H and O–H groups in total. The molecule has 32 heavy (non-hydrogen) atoms. The number of aliphatic hydroxyl groups excluding tert-OH is 1. The van der Waals surface area contributed by atoms with Gasteiger partial charge in [0.1, 0.15) is 18.3 Å². The molecule has 1 saturated heterocycles. The normalized spacial score (nSPS) is 25.6. The van der Waals surface area contributed by atoms with E-state index < -0.39 is 36.7 Å². The first-order chi connectivity index (χ1) is 15.6. The maximum Gasteiger partial charge on any atom is 0.338 e. The fraction of sp³-hybridized carbons (Fsp3) is 0.720. The van der Waals surface area contributed by atoms with Crippen LogP contribution < -0.4 is 0 Å². The Balaban J connectivity index is 2.16. The van der Waals surface area contributed by atoms with Crippen LogP contribution in [0.5, 0.6) is 0 Å². The number of ether oxygens (including phenoxy) is 5. The Hall–Kier alpha value is -1.51. The van der Waals surface area contributed by atoms with Gasteiger partial charge in [0.05, 0.1) is 12.2 Å². The number of aliphatic hydroxyl groups is 1. The number of esters is 1. The zero-order valence-corrected chi connectivity index (χ0v) is 19.7. The molecule has 2 rings (SSSR count). The summed E-state index contributed by atoms with van der Waals surface area (Å²) >= 11 is 0. The van der Waals surface area contributed by atoms with Gasteiger partial charge in [-0.15, -0.1) is 0 Å². The second-order valence-corrected chi connectivity index (χ2v) is 8.11. The smallest absolute Gasteiger partial charge is 0.338 e. The van der Waals surface area contributed by atoms with E-state index in [4.69, 9.17) is 23.7 Å². The predicted molar refractivity (Wildman–Crippen MR) is 122 cm³/mol. The molecule has 0 aliphatic carbocycles.